The van der Waals surface area contributed by atoms with Crippen LogP contribution in [0.3, 0.4) is 0 Å². The predicted molar refractivity (Wildman–Crippen MR) is 60.3 cm³/mol. The molecule has 7 heteroatoms. The molecular weight excluding hydrogens is 233 g/mol. The molecule has 3 N–H and O–H groups in total. The number of nitrogens with zero attached hydrogens (tertiary/aromatic N) is 2. The van der Waals surface area contributed by atoms with E-state index in [4.69, 9.17) is 5.84 Å². The number of nitrogens with one attached hydrogen (secondary N) is 1. The lowest BCUT2D eigenvalue weighted by molar-refractivity contribution is -0.135. The molecule has 0 heterocycles. The quantitative estimate of drug-likeness (QED) is 0.347. The van der Waals surface area contributed by atoms with E-state index in [-0.39, 0.29) is 12.6 Å². The highest BCUT2D eigenvalue weighted by Crippen LogP contribution is 2.22. The van der Waals surface area contributed by atoms with Crippen LogP contribution in [0.2, 0.25) is 0 Å². The zero-order chi connectivity index (χ0) is 12.9. The molecule has 0 aromatic heterocycles. The summed E-state index contributed by atoms with van der Waals surface area (Å²) in [6.45, 7) is -0.140. The van der Waals surface area contributed by atoms with E-state index in [0.717, 1.165) is 25.7 Å². The number of aliphatic imine (C=N–C) groups is 1. The first-order valence-corrected chi connectivity index (χ1v) is 5.74. The van der Waals surface area contributed by atoms with Crippen molar-refractivity contribution in [1.82, 2.24) is 10.3 Å². The van der Waals surface area contributed by atoms with Crippen LogP contribution >= 0.6 is 0 Å². The third-order valence-electron chi connectivity index (χ3n) is 2.85. The molecule has 1 rings (SSSR count). The molecule has 0 unspecified atom stereocenters. The van der Waals surface area contributed by atoms with Crippen molar-refractivity contribution >= 4 is 5.96 Å². The van der Waals surface area contributed by atoms with Gasteiger partial charge in [0.05, 0.1) is 12.5 Å². The lowest BCUT2D eigenvalue weighted by atomic mass is 10.3. The van der Waals surface area contributed by atoms with Gasteiger partial charge in [-0.25, -0.2) is 10.8 Å². The van der Waals surface area contributed by atoms with Gasteiger partial charge in [-0.3, -0.25) is 5.43 Å². The van der Waals surface area contributed by atoms with E-state index in [1.165, 1.54) is 4.90 Å². The van der Waals surface area contributed by atoms with Crippen molar-refractivity contribution in [2.75, 3.05) is 13.6 Å². The number of guanidine groups is 1. The molecule has 0 bridgehead atoms. The van der Waals surface area contributed by atoms with Gasteiger partial charge in [0.1, 0.15) is 0 Å². The van der Waals surface area contributed by atoms with Crippen molar-refractivity contribution in [1.29, 1.82) is 0 Å². The number of nitrogens with two attached hydrogens (primary N) is 1. The summed E-state index contributed by atoms with van der Waals surface area (Å²) in [7, 11) is 1.55. The zero-order valence-corrected chi connectivity index (χ0v) is 9.93. The SMILES string of the molecule is CN(CCC(F)(F)F)C(=NC1CCCC1)NN. The highest BCUT2D eigenvalue weighted by molar-refractivity contribution is 5.79. The Morgan fingerprint density at radius 3 is 2.47 bits per heavy atom. The Kier molecular flexibility index (Phi) is 5.04. The summed E-state index contributed by atoms with van der Waals surface area (Å²) in [5.41, 5.74) is 2.37. The summed E-state index contributed by atoms with van der Waals surface area (Å²) >= 11 is 0. The molecular formula is C10H19F3N4. The average Bonchev–Trinajstić information content (AvgIpc) is 2.74. The van der Waals surface area contributed by atoms with Crippen LogP contribution in [-0.4, -0.2) is 36.7 Å². The Morgan fingerprint density at radius 1 is 1.41 bits per heavy atom. The second kappa shape index (κ2) is 6.09. The van der Waals surface area contributed by atoms with Gasteiger partial charge >= 0.3 is 6.18 Å². The van der Waals surface area contributed by atoms with E-state index in [1.54, 1.807) is 7.05 Å². The zero-order valence-electron chi connectivity index (χ0n) is 9.93. The maximum atomic E-state index is 12.1. The molecule has 0 spiro atoms. The van der Waals surface area contributed by atoms with Crippen molar-refractivity contribution in [2.45, 2.75) is 44.3 Å². The fourth-order valence-corrected chi connectivity index (χ4v) is 1.85. The molecule has 1 aliphatic carbocycles. The van der Waals surface area contributed by atoms with Crippen LogP contribution in [0.5, 0.6) is 0 Å². The molecule has 0 aromatic carbocycles. The molecule has 0 atom stereocenters. The first kappa shape index (κ1) is 14.1. The van der Waals surface area contributed by atoms with E-state index in [9.17, 15) is 13.2 Å². The van der Waals surface area contributed by atoms with Crippen molar-refractivity contribution in [3.8, 4) is 0 Å². The average molecular weight is 252 g/mol. The monoisotopic (exact) mass is 252 g/mol. The summed E-state index contributed by atoms with van der Waals surface area (Å²) in [6.07, 6.45) is -0.802. The maximum absolute atomic E-state index is 12.1. The lowest BCUT2D eigenvalue weighted by Gasteiger charge is -2.22. The summed E-state index contributed by atoms with van der Waals surface area (Å²) in [4.78, 5) is 5.74. The topological polar surface area (TPSA) is 53.6 Å². The van der Waals surface area contributed by atoms with Crippen LogP contribution in [0.1, 0.15) is 32.1 Å². The minimum atomic E-state index is -4.15. The molecule has 17 heavy (non-hydrogen) atoms. The third-order valence-corrected chi connectivity index (χ3v) is 2.85. The molecule has 4 nitrogen and oxygen atoms in total. The van der Waals surface area contributed by atoms with Gasteiger partial charge in [-0.15, -0.1) is 0 Å². The van der Waals surface area contributed by atoms with Gasteiger partial charge < -0.3 is 4.90 Å². The molecule has 0 saturated heterocycles. The minimum Gasteiger partial charge on any atom is -0.345 e. The number of halogens is 3. The number of alkyl halides is 3. The van der Waals surface area contributed by atoms with E-state index < -0.39 is 12.6 Å². The minimum absolute atomic E-state index is 0.140. The van der Waals surface area contributed by atoms with Crippen LogP contribution < -0.4 is 11.3 Å². The summed E-state index contributed by atoms with van der Waals surface area (Å²) in [5.74, 6) is 5.62. The van der Waals surface area contributed by atoms with E-state index in [0.29, 0.717) is 5.96 Å². The van der Waals surface area contributed by atoms with Crippen LogP contribution in [0.15, 0.2) is 4.99 Å². The van der Waals surface area contributed by atoms with Crippen molar-refractivity contribution < 1.29 is 13.2 Å². The largest absolute Gasteiger partial charge is 0.390 e. The third kappa shape index (κ3) is 5.25. The van der Waals surface area contributed by atoms with Crippen molar-refractivity contribution in [3.05, 3.63) is 0 Å². The second-order valence-corrected chi connectivity index (χ2v) is 4.32. The molecule has 0 aliphatic heterocycles. The molecule has 0 radical (unpaired) electrons. The number of hydrazine groups is 1. The van der Waals surface area contributed by atoms with Crippen LogP contribution in [0, 0.1) is 0 Å². The number of hydrogen-bond donors (Lipinski definition) is 2. The molecule has 0 amide bonds. The number of rotatable bonds is 3. The van der Waals surface area contributed by atoms with Crippen molar-refractivity contribution in [3.63, 3.8) is 0 Å². The van der Waals surface area contributed by atoms with Gasteiger partial charge in [0.25, 0.3) is 0 Å². The standard InChI is InChI=1S/C10H19F3N4/c1-17(7-6-10(11,12)13)9(16-14)15-8-4-2-3-5-8/h8H,2-7,14H2,1H3,(H,15,16). The molecule has 1 saturated carbocycles. The summed E-state index contributed by atoms with van der Waals surface area (Å²) < 4.78 is 36.2. The van der Waals surface area contributed by atoms with E-state index in [1.807, 2.05) is 0 Å². The van der Waals surface area contributed by atoms with Gasteiger partial charge in [-0.05, 0) is 12.8 Å². The van der Waals surface area contributed by atoms with Gasteiger partial charge in [0, 0.05) is 13.6 Å². The molecule has 1 aliphatic rings. The van der Waals surface area contributed by atoms with Gasteiger partial charge in [-0.2, -0.15) is 13.2 Å². The Labute approximate surface area is 99.0 Å². The highest BCUT2D eigenvalue weighted by atomic mass is 19.4. The first-order chi connectivity index (χ1) is 7.92. The van der Waals surface area contributed by atoms with Crippen LogP contribution in [0.25, 0.3) is 0 Å². The molecule has 0 aromatic rings. The Bertz CT molecular complexity index is 259. The summed E-state index contributed by atoms with van der Waals surface area (Å²) in [6, 6.07) is 0.189. The lowest BCUT2D eigenvalue weighted by Crippen LogP contribution is -2.44. The fraction of sp³-hybridized carbons (Fsp3) is 0.900. The van der Waals surface area contributed by atoms with Gasteiger partial charge in [0.15, 0.2) is 0 Å². The fourth-order valence-electron chi connectivity index (χ4n) is 1.85. The highest BCUT2D eigenvalue weighted by Gasteiger charge is 2.27. The number of hydrogen-bond acceptors (Lipinski definition) is 2. The predicted octanol–water partition coefficient (Wildman–Crippen LogP) is 1.63. The summed E-state index contributed by atoms with van der Waals surface area (Å²) in [5, 5.41) is 0. The van der Waals surface area contributed by atoms with Crippen molar-refractivity contribution in [2.24, 2.45) is 10.8 Å². The van der Waals surface area contributed by atoms with Gasteiger partial charge in [-0.1, -0.05) is 12.8 Å². The Morgan fingerprint density at radius 2 is 2.00 bits per heavy atom. The normalized spacial score (nSPS) is 18.5. The smallest absolute Gasteiger partial charge is 0.345 e. The van der Waals surface area contributed by atoms with Crippen LogP contribution in [-0.2, 0) is 0 Å². The van der Waals surface area contributed by atoms with Gasteiger partial charge in [0.2, 0.25) is 5.96 Å². The maximum Gasteiger partial charge on any atom is 0.390 e. The molecule has 100 valence electrons. The first-order valence-electron chi connectivity index (χ1n) is 5.74. The molecule has 1 fully saturated rings. The van der Waals surface area contributed by atoms with E-state index in [2.05, 4.69) is 10.4 Å². The van der Waals surface area contributed by atoms with Crippen LogP contribution in [0.4, 0.5) is 13.2 Å². The Balaban J connectivity index is 2.48. The van der Waals surface area contributed by atoms with E-state index >= 15 is 0 Å². The second-order valence-electron chi connectivity index (χ2n) is 4.32. The Hall–Kier alpha value is -0.980.